The lowest BCUT2D eigenvalue weighted by molar-refractivity contribution is 0.632. The van der Waals surface area contributed by atoms with E-state index in [4.69, 9.17) is 0 Å². The highest BCUT2D eigenvalue weighted by atomic mass is 127. The maximum absolute atomic E-state index is 4.67. The van der Waals surface area contributed by atoms with Crippen LogP contribution >= 0.6 is 22.6 Å². The van der Waals surface area contributed by atoms with E-state index in [9.17, 15) is 0 Å². The molecule has 0 radical (unpaired) electrons. The third-order valence-electron chi connectivity index (χ3n) is 3.55. The van der Waals surface area contributed by atoms with E-state index in [1.54, 1.807) is 0 Å². The molecule has 0 amide bonds. The largest absolute Gasteiger partial charge is 0.313 e. The minimum Gasteiger partial charge on any atom is -0.313 e. The highest BCUT2D eigenvalue weighted by molar-refractivity contribution is 14.1. The Morgan fingerprint density at radius 2 is 1.89 bits per heavy atom. The first-order valence-corrected chi connectivity index (χ1v) is 7.56. The van der Waals surface area contributed by atoms with Crippen LogP contribution in [0.2, 0.25) is 0 Å². The predicted molar refractivity (Wildman–Crippen MR) is 87.4 cm³/mol. The van der Waals surface area contributed by atoms with Gasteiger partial charge in [-0.2, -0.15) is 5.10 Å². The monoisotopic (exact) mass is 369 g/mol. The maximum atomic E-state index is 4.67. The number of halogens is 1. The molecule has 1 heterocycles. The minimum absolute atomic E-state index is 0.338. The van der Waals surface area contributed by atoms with Crippen LogP contribution in [0, 0.1) is 17.4 Å². The normalized spacial score (nSPS) is 12.7. The molecule has 1 aromatic heterocycles. The summed E-state index contributed by atoms with van der Waals surface area (Å²) in [5, 5.41) is 7.96. The molecule has 0 bridgehead atoms. The summed E-state index contributed by atoms with van der Waals surface area (Å²) < 4.78 is 3.36. The Balaban J connectivity index is 2.29. The lowest BCUT2D eigenvalue weighted by Gasteiger charge is -2.11. The Labute approximate surface area is 128 Å². The summed E-state index contributed by atoms with van der Waals surface area (Å²) in [7, 11) is 1.99. The number of nitrogens with zero attached hydrogens (tertiary/aromatic N) is 2. The summed E-state index contributed by atoms with van der Waals surface area (Å²) in [4.78, 5) is 0. The van der Waals surface area contributed by atoms with E-state index in [0.29, 0.717) is 6.04 Å². The zero-order valence-electron chi connectivity index (χ0n) is 11.9. The van der Waals surface area contributed by atoms with Gasteiger partial charge < -0.3 is 5.32 Å². The second-order valence-corrected chi connectivity index (χ2v) is 6.12. The number of hydrogen-bond acceptors (Lipinski definition) is 2. The third kappa shape index (κ3) is 3.17. The van der Waals surface area contributed by atoms with Crippen molar-refractivity contribution < 1.29 is 0 Å². The summed E-state index contributed by atoms with van der Waals surface area (Å²) in [6.07, 6.45) is 0. The van der Waals surface area contributed by atoms with Gasteiger partial charge in [-0.1, -0.05) is 12.1 Å². The van der Waals surface area contributed by atoms with Crippen molar-refractivity contribution in [2.24, 2.45) is 0 Å². The number of aromatic nitrogens is 2. The highest BCUT2D eigenvalue weighted by Crippen LogP contribution is 2.21. The SMILES string of the molecule is CNC(C)c1c(C)nn(Cc2ccc(I)cc2)c1C. The summed E-state index contributed by atoms with van der Waals surface area (Å²) in [6, 6.07) is 8.95. The highest BCUT2D eigenvalue weighted by Gasteiger charge is 2.16. The topological polar surface area (TPSA) is 29.9 Å². The van der Waals surface area contributed by atoms with E-state index >= 15 is 0 Å². The van der Waals surface area contributed by atoms with Crippen molar-refractivity contribution in [1.29, 1.82) is 0 Å². The standard InChI is InChI=1S/C15H20IN3/c1-10(17-4)15-11(2)18-19(12(15)3)9-13-5-7-14(16)8-6-13/h5-8,10,17H,9H2,1-4H3. The molecule has 3 nitrogen and oxygen atoms in total. The van der Waals surface area contributed by atoms with Gasteiger partial charge in [-0.15, -0.1) is 0 Å². The van der Waals surface area contributed by atoms with Gasteiger partial charge in [0.2, 0.25) is 0 Å². The van der Waals surface area contributed by atoms with Gasteiger partial charge in [0.05, 0.1) is 12.2 Å². The Bertz CT molecular complexity index is 558. The van der Waals surface area contributed by atoms with Gasteiger partial charge in [-0.25, -0.2) is 0 Å². The molecule has 1 N–H and O–H groups in total. The second kappa shape index (κ2) is 6.05. The quantitative estimate of drug-likeness (QED) is 0.837. The Kier molecular flexibility index (Phi) is 4.62. The molecule has 0 saturated carbocycles. The second-order valence-electron chi connectivity index (χ2n) is 4.88. The van der Waals surface area contributed by atoms with Gasteiger partial charge >= 0.3 is 0 Å². The van der Waals surface area contributed by atoms with Crippen LogP contribution in [0.1, 0.15) is 35.5 Å². The Hall–Kier alpha value is -0.880. The van der Waals surface area contributed by atoms with Crippen LogP contribution in [0.25, 0.3) is 0 Å². The molecule has 0 aliphatic rings. The predicted octanol–water partition coefficient (Wildman–Crippen LogP) is 3.43. The molecular formula is C15H20IN3. The van der Waals surface area contributed by atoms with E-state index in [1.807, 2.05) is 7.05 Å². The fourth-order valence-corrected chi connectivity index (χ4v) is 2.76. The molecule has 0 fully saturated rings. The average molecular weight is 369 g/mol. The molecule has 19 heavy (non-hydrogen) atoms. The van der Waals surface area contributed by atoms with Gasteiger partial charge in [0.1, 0.15) is 0 Å². The van der Waals surface area contributed by atoms with Crippen molar-refractivity contribution in [2.45, 2.75) is 33.4 Å². The van der Waals surface area contributed by atoms with Gasteiger partial charge in [-0.05, 0) is 68.1 Å². The van der Waals surface area contributed by atoms with Gasteiger partial charge in [-0.3, -0.25) is 4.68 Å². The summed E-state index contributed by atoms with van der Waals surface area (Å²) >= 11 is 2.33. The Morgan fingerprint density at radius 3 is 2.47 bits per heavy atom. The van der Waals surface area contributed by atoms with Gasteiger partial charge in [0.15, 0.2) is 0 Å². The van der Waals surface area contributed by atoms with E-state index in [0.717, 1.165) is 12.2 Å². The van der Waals surface area contributed by atoms with E-state index in [1.165, 1.54) is 20.4 Å². The number of hydrogen-bond donors (Lipinski definition) is 1. The first-order valence-electron chi connectivity index (χ1n) is 6.48. The minimum atomic E-state index is 0.338. The number of benzene rings is 1. The molecule has 0 saturated heterocycles. The number of nitrogens with one attached hydrogen (secondary N) is 1. The lowest BCUT2D eigenvalue weighted by atomic mass is 10.1. The first kappa shape index (κ1) is 14.5. The molecule has 2 aromatic rings. The molecular weight excluding hydrogens is 349 g/mol. The lowest BCUT2D eigenvalue weighted by Crippen LogP contribution is -2.14. The molecule has 0 aliphatic carbocycles. The van der Waals surface area contributed by atoms with Crippen molar-refractivity contribution in [2.75, 3.05) is 7.05 Å². The molecule has 1 aromatic carbocycles. The summed E-state index contributed by atoms with van der Waals surface area (Å²) in [5.41, 5.74) is 4.96. The van der Waals surface area contributed by atoms with Gasteiger partial charge in [0.25, 0.3) is 0 Å². The third-order valence-corrected chi connectivity index (χ3v) is 4.27. The van der Waals surface area contributed by atoms with Crippen molar-refractivity contribution >= 4 is 22.6 Å². The summed E-state index contributed by atoms with van der Waals surface area (Å²) in [5.74, 6) is 0. The van der Waals surface area contributed by atoms with Crippen LogP contribution in [0.4, 0.5) is 0 Å². The van der Waals surface area contributed by atoms with E-state index in [2.05, 4.69) is 82.7 Å². The number of aryl methyl sites for hydroxylation is 1. The van der Waals surface area contributed by atoms with Gasteiger partial charge in [0, 0.05) is 20.9 Å². The van der Waals surface area contributed by atoms with Crippen LogP contribution in [0.5, 0.6) is 0 Å². The molecule has 4 heteroatoms. The molecule has 102 valence electrons. The van der Waals surface area contributed by atoms with Crippen LogP contribution in [0.3, 0.4) is 0 Å². The van der Waals surface area contributed by atoms with Crippen molar-refractivity contribution in [3.05, 3.63) is 50.4 Å². The molecule has 1 unspecified atom stereocenters. The van der Waals surface area contributed by atoms with Crippen LogP contribution < -0.4 is 5.32 Å². The van der Waals surface area contributed by atoms with E-state index < -0.39 is 0 Å². The van der Waals surface area contributed by atoms with Crippen LogP contribution in [-0.4, -0.2) is 16.8 Å². The molecule has 0 spiro atoms. The smallest absolute Gasteiger partial charge is 0.0662 e. The fraction of sp³-hybridized carbons (Fsp3) is 0.400. The van der Waals surface area contributed by atoms with Crippen LogP contribution in [0.15, 0.2) is 24.3 Å². The zero-order valence-corrected chi connectivity index (χ0v) is 14.0. The van der Waals surface area contributed by atoms with Crippen molar-refractivity contribution in [3.8, 4) is 0 Å². The fourth-order valence-electron chi connectivity index (χ4n) is 2.40. The average Bonchev–Trinajstić information content (AvgIpc) is 2.66. The van der Waals surface area contributed by atoms with Crippen LogP contribution in [-0.2, 0) is 6.54 Å². The summed E-state index contributed by atoms with van der Waals surface area (Å²) in [6.45, 7) is 7.24. The van der Waals surface area contributed by atoms with Crippen molar-refractivity contribution in [3.63, 3.8) is 0 Å². The van der Waals surface area contributed by atoms with E-state index in [-0.39, 0.29) is 0 Å². The Morgan fingerprint density at radius 1 is 1.26 bits per heavy atom. The first-order chi connectivity index (χ1) is 9.02. The zero-order chi connectivity index (χ0) is 14.0. The molecule has 0 aliphatic heterocycles. The molecule has 2 rings (SSSR count). The van der Waals surface area contributed by atoms with Crippen molar-refractivity contribution in [1.82, 2.24) is 15.1 Å². The number of rotatable bonds is 4. The maximum Gasteiger partial charge on any atom is 0.0662 e. The molecule has 1 atom stereocenters.